The Labute approximate surface area is 436 Å². The smallest absolute Gasteiger partial charge is 0.0506 e. The first-order chi connectivity index (χ1) is 35.7. The number of benzene rings is 10. The summed E-state index contributed by atoms with van der Waals surface area (Å²) in [4.78, 5) is 5.13. The third-order valence-corrected chi connectivity index (χ3v) is 18.4. The average Bonchev–Trinajstić information content (AvgIpc) is 3.81. The topological polar surface area (TPSA) is 6.48 Å². The van der Waals surface area contributed by atoms with E-state index in [-0.39, 0.29) is 21.7 Å². The highest BCUT2D eigenvalue weighted by Gasteiger charge is 2.44. The monoisotopic (exact) mass is 950 g/mol. The highest BCUT2D eigenvalue weighted by atomic mass is 15.2. The molecule has 0 saturated carbocycles. The van der Waals surface area contributed by atoms with Crippen molar-refractivity contribution in [3.8, 4) is 66.8 Å². The third-order valence-electron chi connectivity index (χ3n) is 18.4. The number of fused-ring (bicyclic) bond motifs is 18. The summed E-state index contributed by atoms with van der Waals surface area (Å²) in [6.07, 6.45) is 0. The Morgan fingerprint density at radius 2 is 0.500 bits per heavy atom. The molecule has 0 fully saturated rings. The van der Waals surface area contributed by atoms with Gasteiger partial charge in [0, 0.05) is 33.0 Å². The number of hydrogen-bond acceptors (Lipinski definition) is 2. The second-order valence-electron chi connectivity index (χ2n) is 23.7. The largest absolute Gasteiger partial charge is 0.310 e. The van der Waals surface area contributed by atoms with Crippen molar-refractivity contribution in [1.82, 2.24) is 0 Å². The molecule has 0 unspecified atom stereocenters. The first-order valence-corrected chi connectivity index (χ1v) is 26.6. The van der Waals surface area contributed by atoms with E-state index in [0.717, 1.165) is 11.4 Å². The Hall–Kier alpha value is -8.20. The maximum Gasteiger partial charge on any atom is 0.0506 e. The van der Waals surface area contributed by atoms with Crippen LogP contribution in [0.5, 0.6) is 0 Å². The fourth-order valence-electron chi connectivity index (χ4n) is 14.5. The van der Waals surface area contributed by atoms with E-state index in [1.165, 1.54) is 134 Å². The van der Waals surface area contributed by atoms with Crippen LogP contribution in [0.15, 0.2) is 206 Å². The minimum absolute atomic E-state index is 0.128. The van der Waals surface area contributed by atoms with Gasteiger partial charge in [0.05, 0.1) is 22.7 Å². The first kappa shape index (κ1) is 43.4. The molecule has 0 saturated heterocycles. The van der Waals surface area contributed by atoms with Gasteiger partial charge >= 0.3 is 0 Å². The van der Waals surface area contributed by atoms with E-state index in [0.29, 0.717) is 0 Å². The van der Waals surface area contributed by atoms with Gasteiger partial charge in [0.15, 0.2) is 0 Å². The molecule has 2 heterocycles. The van der Waals surface area contributed by atoms with Crippen molar-refractivity contribution in [2.24, 2.45) is 0 Å². The maximum atomic E-state index is 2.56. The van der Waals surface area contributed by atoms with Gasteiger partial charge in [-0.05, 0) is 172 Å². The minimum Gasteiger partial charge on any atom is -0.310 e. The molecule has 3 aliphatic carbocycles. The number of rotatable bonds is 2. The van der Waals surface area contributed by atoms with Crippen LogP contribution in [0.3, 0.4) is 0 Å². The molecule has 74 heavy (non-hydrogen) atoms. The molecule has 2 aliphatic heterocycles. The summed E-state index contributed by atoms with van der Waals surface area (Å²) in [5, 5.41) is 0. The number of anilines is 6. The SMILES string of the molecule is CC1(C)c2ccccc2-c2cc3c(cc21)N(c1ccc2c(c1)-c1ccccc1-c1ccc(N4c5ccccc5C(C)(C)c5cc6c(cc54)C(C)(C)c4ccccc4-6)cc1-c1ccccc1-2)c1ccccc1C3(C)C. The van der Waals surface area contributed by atoms with Crippen molar-refractivity contribution in [2.75, 3.05) is 9.80 Å². The number of para-hydroxylation sites is 2. The van der Waals surface area contributed by atoms with Crippen LogP contribution in [-0.4, -0.2) is 0 Å². The zero-order chi connectivity index (χ0) is 50.2. The minimum atomic E-state index is -0.214. The van der Waals surface area contributed by atoms with Gasteiger partial charge in [-0.2, -0.15) is 0 Å². The quantitative estimate of drug-likeness (QED) is 0.170. The van der Waals surface area contributed by atoms with Gasteiger partial charge in [-0.25, -0.2) is 0 Å². The van der Waals surface area contributed by atoms with Crippen LogP contribution in [-0.2, 0) is 21.7 Å². The molecule has 0 aromatic heterocycles. The summed E-state index contributed by atoms with van der Waals surface area (Å²) >= 11 is 0. The Balaban J connectivity index is 0.926. The molecule has 2 heteroatoms. The van der Waals surface area contributed by atoms with E-state index in [1.54, 1.807) is 0 Å². The van der Waals surface area contributed by atoms with Gasteiger partial charge in [-0.15, -0.1) is 0 Å². The highest BCUT2D eigenvalue weighted by molar-refractivity contribution is 6.06. The summed E-state index contributed by atoms with van der Waals surface area (Å²) in [5.41, 5.74) is 32.9. The molecule has 0 atom stereocenters. The molecule has 2 nitrogen and oxygen atoms in total. The van der Waals surface area contributed by atoms with E-state index in [2.05, 4.69) is 271 Å². The lowest BCUT2D eigenvalue weighted by Gasteiger charge is -2.43. The second-order valence-corrected chi connectivity index (χ2v) is 23.7. The van der Waals surface area contributed by atoms with E-state index in [1.807, 2.05) is 0 Å². The van der Waals surface area contributed by atoms with Crippen LogP contribution in [0.1, 0.15) is 99.9 Å². The van der Waals surface area contributed by atoms with Crippen molar-refractivity contribution in [2.45, 2.75) is 77.0 Å². The van der Waals surface area contributed by atoms with Gasteiger partial charge in [0.2, 0.25) is 0 Å². The van der Waals surface area contributed by atoms with Crippen LogP contribution in [0, 0.1) is 0 Å². The summed E-state index contributed by atoms with van der Waals surface area (Å²) < 4.78 is 0. The molecular weight excluding hydrogens is 893 g/mol. The zero-order valence-electron chi connectivity index (χ0n) is 43.5. The predicted octanol–water partition coefficient (Wildman–Crippen LogP) is 19.5. The summed E-state index contributed by atoms with van der Waals surface area (Å²) in [7, 11) is 0. The van der Waals surface area contributed by atoms with Crippen LogP contribution < -0.4 is 9.80 Å². The molecule has 5 aliphatic rings. The predicted molar refractivity (Wildman–Crippen MR) is 310 cm³/mol. The lowest BCUT2D eigenvalue weighted by atomic mass is 9.71. The molecular formula is C72H58N2. The van der Waals surface area contributed by atoms with Crippen molar-refractivity contribution in [3.63, 3.8) is 0 Å². The molecule has 356 valence electrons. The Bertz CT molecular complexity index is 3840. The van der Waals surface area contributed by atoms with E-state index >= 15 is 0 Å². The molecule has 15 rings (SSSR count). The fraction of sp³-hybridized carbons (Fsp3) is 0.167. The molecule has 0 bridgehead atoms. The normalized spacial score (nSPS) is 16.5. The van der Waals surface area contributed by atoms with Crippen LogP contribution in [0.2, 0.25) is 0 Å². The van der Waals surface area contributed by atoms with Gasteiger partial charge in [0.1, 0.15) is 0 Å². The Kier molecular flexibility index (Phi) is 8.64. The summed E-state index contributed by atoms with van der Waals surface area (Å²) in [5.74, 6) is 0. The van der Waals surface area contributed by atoms with Gasteiger partial charge in [0.25, 0.3) is 0 Å². The van der Waals surface area contributed by atoms with E-state index < -0.39 is 0 Å². The number of nitrogens with zero attached hydrogens (tertiary/aromatic N) is 2. The van der Waals surface area contributed by atoms with Gasteiger partial charge < -0.3 is 9.80 Å². The number of hydrogen-bond donors (Lipinski definition) is 0. The standard InChI is InChI=1S/C72H58N2/c1-69(2)57-27-15-13-25-51(57)55-39-63-67(41-61(55)69)73(65-31-19-17-29-59(65)71(63,5)6)43-33-35-49-46-22-10-12-24-48(46)54-38-44(34-36-50(54)45-21-9-11-23-47(45)53(49)37-43)74-66-32-20-18-30-60(66)72(7,8)64-40-56-52-26-14-16-28-58(52)70(3,4)62(56)42-68(64)74/h9-42H,1-8H3. The molecule has 0 radical (unpaired) electrons. The average molecular weight is 951 g/mol. The molecule has 10 aromatic carbocycles. The third kappa shape index (κ3) is 5.61. The van der Waals surface area contributed by atoms with Crippen molar-refractivity contribution < 1.29 is 0 Å². The zero-order valence-corrected chi connectivity index (χ0v) is 43.5. The van der Waals surface area contributed by atoms with Crippen molar-refractivity contribution in [3.05, 3.63) is 251 Å². The maximum absolute atomic E-state index is 2.56. The van der Waals surface area contributed by atoms with Crippen LogP contribution in [0.4, 0.5) is 34.1 Å². The van der Waals surface area contributed by atoms with Gasteiger partial charge in [-0.1, -0.05) is 201 Å². The molecule has 0 spiro atoms. The lowest BCUT2D eigenvalue weighted by molar-refractivity contribution is 0.627. The highest BCUT2D eigenvalue weighted by Crippen LogP contribution is 2.61. The first-order valence-electron chi connectivity index (χ1n) is 26.6. The van der Waals surface area contributed by atoms with Crippen molar-refractivity contribution in [1.29, 1.82) is 0 Å². The lowest BCUT2D eigenvalue weighted by Crippen LogP contribution is -2.31. The van der Waals surface area contributed by atoms with Gasteiger partial charge in [-0.3, -0.25) is 0 Å². The Morgan fingerprint density at radius 3 is 0.892 bits per heavy atom. The Morgan fingerprint density at radius 1 is 0.203 bits per heavy atom. The van der Waals surface area contributed by atoms with E-state index in [4.69, 9.17) is 0 Å². The van der Waals surface area contributed by atoms with Crippen LogP contribution in [0.25, 0.3) is 66.8 Å². The molecule has 0 amide bonds. The molecule has 10 aromatic rings. The van der Waals surface area contributed by atoms with Crippen molar-refractivity contribution >= 4 is 34.1 Å². The summed E-state index contributed by atoms with van der Waals surface area (Å²) in [6.45, 7) is 19.2. The van der Waals surface area contributed by atoms with E-state index in [9.17, 15) is 0 Å². The van der Waals surface area contributed by atoms with Crippen LogP contribution >= 0.6 is 0 Å². The second kappa shape index (κ2) is 14.7. The fourth-order valence-corrected chi connectivity index (χ4v) is 14.5. The summed E-state index contributed by atoms with van der Waals surface area (Å²) in [6, 6.07) is 79.1. The molecule has 0 N–H and O–H groups in total.